The standard InChI is InChI=1S/C14H13NO3/c1-17-11-3-4-12(10-5-7-15-8-6-10)13(9-11)14(16)18-2/h3-9H,1-2H3. The zero-order chi connectivity index (χ0) is 13.0. The molecule has 0 saturated heterocycles. The van der Waals surface area contributed by atoms with E-state index in [-0.39, 0.29) is 5.97 Å². The lowest BCUT2D eigenvalue weighted by Gasteiger charge is -2.09. The van der Waals surface area contributed by atoms with E-state index in [0.29, 0.717) is 11.3 Å². The summed E-state index contributed by atoms with van der Waals surface area (Å²) in [5.41, 5.74) is 2.18. The first-order valence-corrected chi connectivity index (χ1v) is 5.43. The maximum atomic E-state index is 11.8. The number of carbonyl (C=O) groups excluding carboxylic acids is 1. The molecular weight excluding hydrogens is 230 g/mol. The number of nitrogens with zero attached hydrogens (tertiary/aromatic N) is 1. The van der Waals surface area contributed by atoms with Gasteiger partial charge in [0, 0.05) is 12.4 Å². The lowest BCUT2D eigenvalue weighted by molar-refractivity contribution is 0.0601. The third kappa shape index (κ3) is 2.32. The van der Waals surface area contributed by atoms with Crippen LogP contribution >= 0.6 is 0 Å². The van der Waals surface area contributed by atoms with Crippen molar-refractivity contribution in [2.24, 2.45) is 0 Å². The summed E-state index contributed by atoms with van der Waals surface area (Å²) < 4.78 is 9.91. The molecule has 0 N–H and O–H groups in total. The van der Waals surface area contributed by atoms with Gasteiger partial charge in [-0.25, -0.2) is 4.79 Å². The Morgan fingerprint density at radius 3 is 2.44 bits per heavy atom. The van der Waals surface area contributed by atoms with E-state index < -0.39 is 0 Å². The number of benzene rings is 1. The van der Waals surface area contributed by atoms with Crippen LogP contribution in [0.5, 0.6) is 5.75 Å². The summed E-state index contributed by atoms with van der Waals surface area (Å²) in [5, 5.41) is 0. The van der Waals surface area contributed by atoms with Gasteiger partial charge in [0.2, 0.25) is 0 Å². The van der Waals surface area contributed by atoms with Crippen LogP contribution in [0.4, 0.5) is 0 Å². The van der Waals surface area contributed by atoms with Crippen molar-refractivity contribution in [3.05, 3.63) is 48.3 Å². The van der Waals surface area contributed by atoms with E-state index in [4.69, 9.17) is 9.47 Å². The highest BCUT2D eigenvalue weighted by atomic mass is 16.5. The summed E-state index contributed by atoms with van der Waals surface area (Å²) >= 11 is 0. The number of hydrogen-bond donors (Lipinski definition) is 0. The highest BCUT2D eigenvalue weighted by molar-refractivity contribution is 5.97. The van der Waals surface area contributed by atoms with E-state index in [1.54, 1.807) is 25.6 Å². The van der Waals surface area contributed by atoms with Gasteiger partial charge in [-0.3, -0.25) is 4.98 Å². The number of pyridine rings is 1. The monoisotopic (exact) mass is 243 g/mol. The summed E-state index contributed by atoms with van der Waals surface area (Å²) in [4.78, 5) is 15.7. The summed E-state index contributed by atoms with van der Waals surface area (Å²) in [5.74, 6) is 0.230. The summed E-state index contributed by atoms with van der Waals surface area (Å²) in [7, 11) is 2.92. The molecule has 0 radical (unpaired) electrons. The molecule has 0 bridgehead atoms. The van der Waals surface area contributed by atoms with Crippen molar-refractivity contribution in [3.8, 4) is 16.9 Å². The van der Waals surface area contributed by atoms with Crippen LogP contribution in [0.3, 0.4) is 0 Å². The average molecular weight is 243 g/mol. The Labute approximate surface area is 105 Å². The van der Waals surface area contributed by atoms with Crippen molar-refractivity contribution >= 4 is 5.97 Å². The normalized spacial score (nSPS) is 9.89. The third-order valence-corrected chi connectivity index (χ3v) is 2.62. The van der Waals surface area contributed by atoms with Gasteiger partial charge >= 0.3 is 5.97 Å². The van der Waals surface area contributed by atoms with Crippen LogP contribution in [0.25, 0.3) is 11.1 Å². The number of aromatic nitrogens is 1. The predicted molar refractivity (Wildman–Crippen MR) is 67.6 cm³/mol. The van der Waals surface area contributed by atoms with Crippen LogP contribution in [-0.2, 0) is 4.74 Å². The molecule has 0 spiro atoms. The number of ether oxygens (including phenoxy) is 2. The van der Waals surface area contributed by atoms with E-state index in [1.165, 1.54) is 7.11 Å². The lowest BCUT2D eigenvalue weighted by atomic mass is 10.0. The van der Waals surface area contributed by atoms with Gasteiger partial charge in [-0.2, -0.15) is 0 Å². The second-order valence-electron chi connectivity index (χ2n) is 3.64. The zero-order valence-electron chi connectivity index (χ0n) is 10.2. The smallest absolute Gasteiger partial charge is 0.338 e. The third-order valence-electron chi connectivity index (χ3n) is 2.62. The Bertz CT molecular complexity index is 552. The molecule has 2 rings (SSSR count). The molecule has 0 unspecified atom stereocenters. The van der Waals surface area contributed by atoms with Gasteiger partial charge in [-0.1, -0.05) is 0 Å². The maximum absolute atomic E-state index is 11.8. The summed E-state index contributed by atoms with van der Waals surface area (Å²) in [6.07, 6.45) is 3.36. The minimum Gasteiger partial charge on any atom is -0.497 e. The second kappa shape index (κ2) is 5.31. The Morgan fingerprint density at radius 1 is 1.11 bits per heavy atom. The molecule has 4 nitrogen and oxygen atoms in total. The van der Waals surface area contributed by atoms with E-state index in [0.717, 1.165) is 11.1 Å². The van der Waals surface area contributed by atoms with Gasteiger partial charge in [0.25, 0.3) is 0 Å². The zero-order valence-corrected chi connectivity index (χ0v) is 10.2. The quantitative estimate of drug-likeness (QED) is 0.777. The highest BCUT2D eigenvalue weighted by Gasteiger charge is 2.14. The fourth-order valence-electron chi connectivity index (χ4n) is 1.71. The molecule has 1 heterocycles. The van der Waals surface area contributed by atoms with E-state index in [1.807, 2.05) is 24.3 Å². The van der Waals surface area contributed by atoms with Crippen molar-refractivity contribution < 1.29 is 14.3 Å². The first kappa shape index (κ1) is 12.1. The molecule has 92 valence electrons. The second-order valence-corrected chi connectivity index (χ2v) is 3.64. The fourth-order valence-corrected chi connectivity index (χ4v) is 1.71. The SMILES string of the molecule is COC(=O)c1cc(OC)ccc1-c1ccncc1. The Kier molecular flexibility index (Phi) is 3.57. The number of esters is 1. The van der Waals surface area contributed by atoms with Crippen LogP contribution < -0.4 is 4.74 Å². The molecule has 0 saturated carbocycles. The van der Waals surface area contributed by atoms with Crippen LogP contribution in [-0.4, -0.2) is 25.2 Å². The van der Waals surface area contributed by atoms with Gasteiger partial charge in [0.1, 0.15) is 5.75 Å². The summed E-state index contributed by atoms with van der Waals surface area (Å²) in [6, 6.07) is 8.99. The van der Waals surface area contributed by atoms with Gasteiger partial charge in [0.05, 0.1) is 19.8 Å². The molecule has 0 aliphatic carbocycles. The number of hydrogen-bond acceptors (Lipinski definition) is 4. The van der Waals surface area contributed by atoms with E-state index in [9.17, 15) is 4.79 Å². The van der Waals surface area contributed by atoms with Gasteiger partial charge in [0.15, 0.2) is 0 Å². The van der Waals surface area contributed by atoms with Gasteiger partial charge in [-0.05, 0) is 41.5 Å². The van der Waals surface area contributed by atoms with Crippen LogP contribution in [0.1, 0.15) is 10.4 Å². The topological polar surface area (TPSA) is 48.4 Å². The van der Waals surface area contributed by atoms with E-state index in [2.05, 4.69) is 4.98 Å². The molecule has 18 heavy (non-hydrogen) atoms. The molecule has 2 aromatic rings. The van der Waals surface area contributed by atoms with Crippen LogP contribution in [0.2, 0.25) is 0 Å². The summed E-state index contributed by atoms with van der Waals surface area (Å²) in [6.45, 7) is 0. The molecule has 1 aromatic heterocycles. The minimum absolute atomic E-state index is 0.388. The number of carbonyl (C=O) groups is 1. The van der Waals surface area contributed by atoms with Crippen molar-refractivity contribution in [2.75, 3.05) is 14.2 Å². The van der Waals surface area contributed by atoms with Crippen molar-refractivity contribution in [2.45, 2.75) is 0 Å². The predicted octanol–water partition coefficient (Wildman–Crippen LogP) is 2.54. The Morgan fingerprint density at radius 2 is 1.83 bits per heavy atom. The highest BCUT2D eigenvalue weighted by Crippen LogP contribution is 2.27. The van der Waals surface area contributed by atoms with Crippen molar-refractivity contribution in [3.63, 3.8) is 0 Å². The molecule has 0 aliphatic rings. The average Bonchev–Trinajstić information content (AvgIpc) is 2.46. The Hall–Kier alpha value is -2.36. The molecule has 4 heteroatoms. The fraction of sp³-hybridized carbons (Fsp3) is 0.143. The number of methoxy groups -OCH3 is 2. The minimum atomic E-state index is -0.388. The van der Waals surface area contributed by atoms with Crippen LogP contribution in [0, 0.1) is 0 Å². The molecule has 0 aliphatic heterocycles. The molecule has 0 atom stereocenters. The van der Waals surface area contributed by atoms with Crippen molar-refractivity contribution in [1.29, 1.82) is 0 Å². The van der Waals surface area contributed by atoms with Gasteiger partial charge in [-0.15, -0.1) is 0 Å². The first-order chi connectivity index (χ1) is 8.76. The van der Waals surface area contributed by atoms with Crippen molar-refractivity contribution in [1.82, 2.24) is 4.98 Å². The first-order valence-electron chi connectivity index (χ1n) is 5.43. The Balaban J connectivity index is 2.56. The largest absolute Gasteiger partial charge is 0.497 e. The molecule has 0 amide bonds. The van der Waals surface area contributed by atoms with Gasteiger partial charge < -0.3 is 9.47 Å². The van der Waals surface area contributed by atoms with E-state index >= 15 is 0 Å². The van der Waals surface area contributed by atoms with Crippen LogP contribution in [0.15, 0.2) is 42.7 Å². The number of rotatable bonds is 3. The molecule has 0 fully saturated rings. The lowest BCUT2D eigenvalue weighted by Crippen LogP contribution is -2.04. The maximum Gasteiger partial charge on any atom is 0.338 e. The molecule has 1 aromatic carbocycles. The molecular formula is C14H13NO3.